The zero-order valence-corrected chi connectivity index (χ0v) is 13.4. The summed E-state index contributed by atoms with van der Waals surface area (Å²) < 4.78 is 4.73. The maximum absolute atomic E-state index is 12.6. The van der Waals surface area contributed by atoms with Crippen LogP contribution in [0.3, 0.4) is 0 Å². The van der Waals surface area contributed by atoms with Crippen molar-refractivity contribution in [3.05, 3.63) is 36.2 Å². The molecule has 4 rings (SSSR count). The van der Waals surface area contributed by atoms with Gasteiger partial charge in [0.1, 0.15) is 0 Å². The molecule has 0 radical (unpaired) electrons. The predicted molar refractivity (Wildman–Crippen MR) is 87.1 cm³/mol. The van der Waals surface area contributed by atoms with Gasteiger partial charge in [-0.3, -0.25) is 4.79 Å². The number of likely N-dealkylation sites (tertiary alicyclic amines) is 1. The summed E-state index contributed by atoms with van der Waals surface area (Å²) in [7, 11) is 0. The Labute approximate surface area is 140 Å². The van der Waals surface area contributed by atoms with Crippen LogP contribution in [0.1, 0.15) is 23.2 Å². The molecule has 1 saturated heterocycles. The predicted octanol–water partition coefficient (Wildman–Crippen LogP) is 1.97. The van der Waals surface area contributed by atoms with E-state index in [4.69, 9.17) is 10.3 Å². The number of nitrogens with zero attached hydrogens (tertiary/aromatic N) is 3. The minimum atomic E-state index is 0. The number of benzene rings is 1. The van der Waals surface area contributed by atoms with E-state index in [9.17, 15) is 4.79 Å². The van der Waals surface area contributed by atoms with Crippen LogP contribution in [0.2, 0.25) is 0 Å². The maximum atomic E-state index is 12.6. The molecule has 1 saturated carbocycles. The second-order valence-electron chi connectivity index (χ2n) is 6.21. The van der Waals surface area contributed by atoms with Crippen LogP contribution in [0.25, 0.3) is 11.4 Å². The largest absolute Gasteiger partial charge is 0.342 e. The highest BCUT2D eigenvalue weighted by Gasteiger charge is 2.42. The lowest BCUT2D eigenvalue weighted by atomic mass is 9.98. The third-order valence-electron chi connectivity index (χ3n) is 4.95. The Morgan fingerprint density at radius 1 is 1.22 bits per heavy atom. The van der Waals surface area contributed by atoms with Crippen molar-refractivity contribution in [2.45, 2.75) is 18.9 Å². The van der Waals surface area contributed by atoms with Crippen LogP contribution in [0.5, 0.6) is 0 Å². The van der Waals surface area contributed by atoms with Gasteiger partial charge in [-0.1, -0.05) is 17.3 Å². The number of amides is 1. The van der Waals surface area contributed by atoms with Crippen molar-refractivity contribution < 1.29 is 9.32 Å². The quantitative estimate of drug-likeness (QED) is 0.907. The molecule has 3 unspecified atom stereocenters. The molecule has 2 N–H and O–H groups in total. The molecule has 1 aliphatic carbocycles. The second kappa shape index (κ2) is 6.29. The van der Waals surface area contributed by atoms with Gasteiger partial charge < -0.3 is 15.2 Å². The molecule has 6 nitrogen and oxygen atoms in total. The van der Waals surface area contributed by atoms with Crippen LogP contribution >= 0.6 is 12.4 Å². The van der Waals surface area contributed by atoms with Crippen LogP contribution in [-0.4, -0.2) is 40.1 Å². The summed E-state index contributed by atoms with van der Waals surface area (Å²) in [5.41, 5.74) is 7.67. The summed E-state index contributed by atoms with van der Waals surface area (Å²) in [5.74, 6) is 1.67. The Bertz CT molecular complexity index is 674. The molecule has 1 aliphatic heterocycles. The number of hydrogen-bond acceptors (Lipinski definition) is 5. The highest BCUT2D eigenvalue weighted by atomic mass is 35.5. The monoisotopic (exact) mass is 334 g/mol. The maximum Gasteiger partial charge on any atom is 0.253 e. The average molecular weight is 335 g/mol. The van der Waals surface area contributed by atoms with Crippen molar-refractivity contribution >= 4 is 18.3 Å². The fourth-order valence-electron chi connectivity index (χ4n) is 3.72. The second-order valence-corrected chi connectivity index (χ2v) is 6.21. The van der Waals surface area contributed by atoms with Crippen LogP contribution in [0.15, 0.2) is 35.2 Å². The van der Waals surface area contributed by atoms with Crippen LogP contribution in [0.4, 0.5) is 0 Å². The van der Waals surface area contributed by atoms with Gasteiger partial charge in [0.15, 0.2) is 0 Å². The molecule has 1 aromatic carbocycles. The van der Waals surface area contributed by atoms with Gasteiger partial charge in [0.05, 0.1) is 0 Å². The number of rotatable bonds is 2. The van der Waals surface area contributed by atoms with Crippen molar-refractivity contribution in [3.8, 4) is 11.4 Å². The SMILES string of the molecule is Cl.NC1CCC2CN(C(=O)c3ccc(-c4ncon4)cc3)CC12. The van der Waals surface area contributed by atoms with Crippen LogP contribution in [-0.2, 0) is 0 Å². The van der Waals surface area contributed by atoms with Gasteiger partial charge in [-0.05, 0) is 36.8 Å². The van der Waals surface area contributed by atoms with E-state index in [-0.39, 0.29) is 24.4 Å². The van der Waals surface area contributed by atoms with Gasteiger partial charge in [0, 0.05) is 30.3 Å². The zero-order valence-electron chi connectivity index (χ0n) is 12.6. The number of nitrogens with two attached hydrogens (primary N) is 1. The number of hydrogen-bond donors (Lipinski definition) is 1. The summed E-state index contributed by atoms with van der Waals surface area (Å²) in [6.45, 7) is 1.63. The molecule has 2 aliphatic rings. The van der Waals surface area contributed by atoms with Crippen molar-refractivity contribution in [3.63, 3.8) is 0 Å². The summed E-state index contributed by atoms with van der Waals surface area (Å²) in [4.78, 5) is 18.6. The Kier molecular flexibility index (Phi) is 4.37. The third kappa shape index (κ3) is 2.84. The molecule has 2 fully saturated rings. The summed E-state index contributed by atoms with van der Waals surface area (Å²) in [6, 6.07) is 7.59. The molecule has 0 spiro atoms. The van der Waals surface area contributed by atoms with Crippen LogP contribution in [0, 0.1) is 11.8 Å². The standard InChI is InChI=1S/C16H18N4O2.ClH/c17-14-6-5-12-7-20(8-13(12)14)16(21)11-3-1-10(2-4-11)15-18-9-22-19-15;/h1-4,9,12-14H,5-8,17H2;1H. The highest BCUT2D eigenvalue weighted by molar-refractivity contribution is 5.94. The summed E-state index contributed by atoms with van der Waals surface area (Å²) >= 11 is 0. The first kappa shape index (κ1) is 16.0. The molecule has 7 heteroatoms. The first-order valence-corrected chi connectivity index (χ1v) is 7.64. The molecular weight excluding hydrogens is 316 g/mol. The number of carbonyl (C=O) groups is 1. The van der Waals surface area contributed by atoms with E-state index < -0.39 is 0 Å². The average Bonchev–Trinajstić information content (AvgIpc) is 3.26. The normalized spacial score (nSPS) is 26.0. The first-order chi connectivity index (χ1) is 10.7. The fraction of sp³-hybridized carbons (Fsp3) is 0.438. The van der Waals surface area contributed by atoms with E-state index in [1.807, 2.05) is 29.2 Å². The lowest BCUT2D eigenvalue weighted by Gasteiger charge is -2.18. The van der Waals surface area contributed by atoms with E-state index >= 15 is 0 Å². The van der Waals surface area contributed by atoms with Crippen molar-refractivity contribution in [2.75, 3.05) is 13.1 Å². The lowest BCUT2D eigenvalue weighted by molar-refractivity contribution is 0.0779. The number of fused-ring (bicyclic) bond motifs is 1. The van der Waals surface area contributed by atoms with E-state index in [0.717, 1.165) is 31.5 Å². The lowest BCUT2D eigenvalue weighted by Crippen LogP contribution is -2.33. The molecule has 1 amide bonds. The topological polar surface area (TPSA) is 85.2 Å². The Morgan fingerprint density at radius 2 is 2.00 bits per heavy atom. The molecule has 122 valence electrons. The van der Waals surface area contributed by atoms with Gasteiger partial charge in [-0.2, -0.15) is 4.98 Å². The number of halogens is 1. The highest BCUT2D eigenvalue weighted by Crippen LogP contribution is 2.37. The Hall–Kier alpha value is -1.92. The molecule has 2 aromatic rings. The minimum absolute atomic E-state index is 0. The Balaban J connectivity index is 0.00000156. The van der Waals surface area contributed by atoms with E-state index in [2.05, 4.69) is 10.1 Å². The van der Waals surface area contributed by atoms with E-state index in [1.165, 1.54) is 6.39 Å². The smallest absolute Gasteiger partial charge is 0.253 e. The van der Waals surface area contributed by atoms with Gasteiger partial charge in [-0.15, -0.1) is 12.4 Å². The molecular formula is C16H19ClN4O2. The fourth-order valence-corrected chi connectivity index (χ4v) is 3.72. The third-order valence-corrected chi connectivity index (χ3v) is 4.95. The molecule has 2 heterocycles. The van der Waals surface area contributed by atoms with Crippen molar-refractivity contribution in [1.29, 1.82) is 0 Å². The molecule has 3 atom stereocenters. The van der Waals surface area contributed by atoms with Crippen LogP contribution < -0.4 is 5.73 Å². The number of carbonyl (C=O) groups excluding carboxylic acids is 1. The van der Waals surface area contributed by atoms with Gasteiger partial charge >= 0.3 is 0 Å². The van der Waals surface area contributed by atoms with Gasteiger partial charge in [0.2, 0.25) is 12.2 Å². The summed E-state index contributed by atoms with van der Waals surface area (Å²) in [5, 5.41) is 3.79. The first-order valence-electron chi connectivity index (χ1n) is 7.64. The number of aromatic nitrogens is 2. The summed E-state index contributed by atoms with van der Waals surface area (Å²) in [6.07, 6.45) is 3.53. The van der Waals surface area contributed by atoms with Gasteiger partial charge in [-0.25, -0.2) is 0 Å². The van der Waals surface area contributed by atoms with E-state index in [1.54, 1.807) is 0 Å². The van der Waals surface area contributed by atoms with Crippen molar-refractivity contribution in [2.24, 2.45) is 17.6 Å². The Morgan fingerprint density at radius 3 is 2.65 bits per heavy atom. The molecule has 23 heavy (non-hydrogen) atoms. The van der Waals surface area contributed by atoms with Gasteiger partial charge in [0.25, 0.3) is 5.91 Å². The van der Waals surface area contributed by atoms with E-state index in [0.29, 0.717) is 23.2 Å². The zero-order chi connectivity index (χ0) is 15.1. The van der Waals surface area contributed by atoms with Crippen molar-refractivity contribution in [1.82, 2.24) is 15.0 Å². The molecule has 0 bridgehead atoms. The molecule has 1 aromatic heterocycles. The minimum Gasteiger partial charge on any atom is -0.342 e.